The third-order valence-electron chi connectivity index (χ3n) is 5.30. The average Bonchev–Trinajstić information content (AvgIpc) is 3.05. The largest absolute Gasteiger partial charge is 0.353 e. The highest BCUT2D eigenvalue weighted by Gasteiger charge is 2.25. The lowest BCUT2D eigenvalue weighted by atomic mass is 10.1. The van der Waals surface area contributed by atoms with Gasteiger partial charge in [0, 0.05) is 28.8 Å². The van der Waals surface area contributed by atoms with Crippen LogP contribution in [0.25, 0.3) is 22.6 Å². The van der Waals surface area contributed by atoms with Gasteiger partial charge in [-0.1, -0.05) is 27.5 Å². The zero-order valence-electron chi connectivity index (χ0n) is 18.2. The Hall–Kier alpha value is -2.51. The van der Waals surface area contributed by atoms with Gasteiger partial charge in [-0.05, 0) is 63.6 Å². The molecule has 0 fully saturated rings. The molecule has 4 rings (SSSR count). The minimum atomic E-state index is -0.126. The number of fused-ring (bicyclic) bond motifs is 1. The molecule has 0 aliphatic rings. The molecule has 160 valence electrons. The second-order valence-electron chi connectivity index (χ2n) is 8.57. The van der Waals surface area contributed by atoms with Crippen LogP contribution in [0, 0.1) is 6.92 Å². The van der Waals surface area contributed by atoms with Crippen molar-refractivity contribution in [2.24, 2.45) is 0 Å². The molecule has 0 bridgehead atoms. The summed E-state index contributed by atoms with van der Waals surface area (Å²) in [6.45, 7) is 9.00. The highest BCUT2D eigenvalue weighted by Crippen LogP contribution is 2.35. The lowest BCUT2D eigenvalue weighted by Gasteiger charge is -2.32. The summed E-state index contributed by atoms with van der Waals surface area (Å²) in [4.78, 5) is 20.8. The molecule has 3 heterocycles. The van der Waals surface area contributed by atoms with Crippen molar-refractivity contribution in [1.82, 2.24) is 24.5 Å². The van der Waals surface area contributed by atoms with E-state index in [0.717, 1.165) is 44.1 Å². The van der Waals surface area contributed by atoms with E-state index in [1.165, 1.54) is 0 Å². The monoisotopic (exact) mass is 498 g/mol. The maximum atomic E-state index is 6.62. The number of pyridine rings is 1. The summed E-state index contributed by atoms with van der Waals surface area (Å²) in [7, 11) is 2.02. The lowest BCUT2D eigenvalue weighted by Crippen LogP contribution is -2.38. The molecule has 0 unspecified atom stereocenters. The molecule has 6 nitrogen and oxygen atoms in total. The van der Waals surface area contributed by atoms with Crippen molar-refractivity contribution in [3.05, 3.63) is 63.6 Å². The van der Waals surface area contributed by atoms with Gasteiger partial charge in [-0.3, -0.25) is 4.98 Å². The van der Waals surface area contributed by atoms with Crippen LogP contribution in [0.2, 0.25) is 5.02 Å². The Morgan fingerprint density at radius 2 is 1.87 bits per heavy atom. The number of nitrogens with zero attached hydrogens (tertiary/aromatic N) is 6. The highest BCUT2D eigenvalue weighted by atomic mass is 79.9. The summed E-state index contributed by atoms with van der Waals surface area (Å²) in [6, 6.07) is 9.86. The summed E-state index contributed by atoms with van der Waals surface area (Å²) >= 11 is 10.1. The standard InChI is InChI=1S/C23H24BrClN6/c1-14-8-9-26-16(10-14)12-31-20(17-7-6-15(24)11-18(17)25)29-19-21(27-13-28-22(19)31)30(5)23(2,3)4/h6-11,13H,12H2,1-5H3. The fourth-order valence-electron chi connectivity index (χ4n) is 3.36. The van der Waals surface area contributed by atoms with Crippen LogP contribution in [-0.2, 0) is 6.54 Å². The van der Waals surface area contributed by atoms with Crippen LogP contribution in [0.15, 0.2) is 47.3 Å². The van der Waals surface area contributed by atoms with Gasteiger partial charge in [0.15, 0.2) is 17.0 Å². The number of imidazole rings is 1. The predicted octanol–water partition coefficient (Wildman–Crippen LogP) is 5.90. The number of halogens is 2. The molecule has 0 radical (unpaired) electrons. The zero-order chi connectivity index (χ0) is 22.3. The van der Waals surface area contributed by atoms with Gasteiger partial charge in [-0.25, -0.2) is 15.0 Å². The fraction of sp³-hybridized carbons (Fsp3) is 0.304. The molecule has 0 saturated heterocycles. The molecule has 0 aliphatic carbocycles. The minimum absolute atomic E-state index is 0.126. The van der Waals surface area contributed by atoms with E-state index in [-0.39, 0.29) is 5.54 Å². The van der Waals surface area contributed by atoms with Crippen LogP contribution in [0.4, 0.5) is 5.82 Å². The number of rotatable bonds is 4. The van der Waals surface area contributed by atoms with E-state index >= 15 is 0 Å². The normalized spacial score (nSPS) is 11.8. The van der Waals surface area contributed by atoms with E-state index in [1.807, 2.05) is 37.5 Å². The van der Waals surface area contributed by atoms with Crippen molar-refractivity contribution in [2.75, 3.05) is 11.9 Å². The first-order valence-corrected chi connectivity index (χ1v) is 11.1. The number of aryl methyl sites for hydroxylation is 1. The van der Waals surface area contributed by atoms with Gasteiger partial charge >= 0.3 is 0 Å². The van der Waals surface area contributed by atoms with Crippen molar-refractivity contribution in [1.29, 1.82) is 0 Å². The predicted molar refractivity (Wildman–Crippen MR) is 130 cm³/mol. The van der Waals surface area contributed by atoms with Crippen LogP contribution in [0.1, 0.15) is 32.0 Å². The molecule has 0 atom stereocenters. The molecule has 4 aromatic rings. The van der Waals surface area contributed by atoms with E-state index in [9.17, 15) is 0 Å². The van der Waals surface area contributed by atoms with Gasteiger partial charge in [0.1, 0.15) is 12.2 Å². The van der Waals surface area contributed by atoms with Crippen LogP contribution in [-0.4, -0.2) is 37.1 Å². The van der Waals surface area contributed by atoms with E-state index in [0.29, 0.717) is 11.6 Å². The molecule has 1 aromatic carbocycles. The fourth-order valence-corrected chi connectivity index (χ4v) is 4.12. The van der Waals surface area contributed by atoms with Gasteiger partial charge in [0.2, 0.25) is 0 Å². The smallest absolute Gasteiger partial charge is 0.166 e. The zero-order valence-corrected chi connectivity index (χ0v) is 20.5. The van der Waals surface area contributed by atoms with Crippen molar-refractivity contribution >= 4 is 44.5 Å². The first-order chi connectivity index (χ1) is 14.6. The Balaban J connectivity index is 1.98. The summed E-state index contributed by atoms with van der Waals surface area (Å²) in [5.41, 5.74) is 4.27. The Morgan fingerprint density at radius 3 is 2.55 bits per heavy atom. The first kappa shape index (κ1) is 21.7. The van der Waals surface area contributed by atoms with Gasteiger partial charge in [0.25, 0.3) is 0 Å². The van der Waals surface area contributed by atoms with Gasteiger partial charge in [-0.2, -0.15) is 0 Å². The molecule has 3 aromatic heterocycles. The average molecular weight is 500 g/mol. The van der Waals surface area contributed by atoms with Crippen molar-refractivity contribution in [2.45, 2.75) is 39.8 Å². The number of aromatic nitrogens is 5. The number of anilines is 1. The molecule has 8 heteroatoms. The molecule has 0 saturated carbocycles. The summed E-state index contributed by atoms with van der Waals surface area (Å²) in [5.74, 6) is 1.52. The maximum absolute atomic E-state index is 6.62. The van der Waals surface area contributed by atoms with Gasteiger partial charge in [-0.15, -0.1) is 0 Å². The molecule has 0 spiro atoms. The molecular formula is C23H24BrClN6. The van der Waals surface area contributed by atoms with E-state index in [4.69, 9.17) is 16.6 Å². The van der Waals surface area contributed by atoms with Crippen LogP contribution < -0.4 is 4.90 Å². The Labute approximate surface area is 195 Å². The quantitative estimate of drug-likeness (QED) is 0.350. The third-order valence-corrected chi connectivity index (χ3v) is 6.11. The molecule has 0 aliphatic heterocycles. The number of hydrogen-bond acceptors (Lipinski definition) is 5. The molecule has 0 amide bonds. The minimum Gasteiger partial charge on any atom is -0.353 e. The first-order valence-electron chi connectivity index (χ1n) is 9.97. The maximum Gasteiger partial charge on any atom is 0.166 e. The molecule has 0 N–H and O–H groups in total. The second-order valence-corrected chi connectivity index (χ2v) is 9.89. The van der Waals surface area contributed by atoms with Crippen molar-refractivity contribution in [3.63, 3.8) is 0 Å². The second kappa shape index (κ2) is 8.20. The Bertz CT molecular complexity index is 1260. The third kappa shape index (κ3) is 4.29. The van der Waals surface area contributed by atoms with Crippen LogP contribution in [0.3, 0.4) is 0 Å². The van der Waals surface area contributed by atoms with Gasteiger partial charge in [0.05, 0.1) is 17.3 Å². The van der Waals surface area contributed by atoms with Crippen LogP contribution >= 0.6 is 27.5 Å². The van der Waals surface area contributed by atoms with E-state index in [1.54, 1.807) is 6.33 Å². The SMILES string of the molecule is Cc1ccnc(Cn2c(-c3ccc(Br)cc3Cl)nc3c(N(C)C(C)(C)C)ncnc32)c1. The molecular weight excluding hydrogens is 476 g/mol. The Kier molecular flexibility index (Phi) is 5.75. The summed E-state index contributed by atoms with van der Waals surface area (Å²) < 4.78 is 2.98. The van der Waals surface area contributed by atoms with Crippen molar-refractivity contribution in [3.8, 4) is 11.4 Å². The van der Waals surface area contributed by atoms with Crippen LogP contribution in [0.5, 0.6) is 0 Å². The number of hydrogen-bond donors (Lipinski definition) is 0. The topological polar surface area (TPSA) is 59.7 Å². The van der Waals surface area contributed by atoms with Crippen molar-refractivity contribution < 1.29 is 0 Å². The summed E-state index contributed by atoms with van der Waals surface area (Å²) in [5, 5.41) is 0.613. The Morgan fingerprint density at radius 1 is 1.10 bits per heavy atom. The number of benzene rings is 1. The highest BCUT2D eigenvalue weighted by molar-refractivity contribution is 9.10. The molecule has 31 heavy (non-hydrogen) atoms. The van der Waals surface area contributed by atoms with Gasteiger partial charge < -0.3 is 9.47 Å². The lowest BCUT2D eigenvalue weighted by molar-refractivity contribution is 0.535. The van der Waals surface area contributed by atoms with E-state index < -0.39 is 0 Å². The van der Waals surface area contributed by atoms with E-state index in [2.05, 4.69) is 74.1 Å². The summed E-state index contributed by atoms with van der Waals surface area (Å²) in [6.07, 6.45) is 3.42.